The molecule has 0 spiro atoms. The van der Waals surface area contributed by atoms with E-state index >= 15 is 0 Å². The van der Waals surface area contributed by atoms with Gasteiger partial charge in [0.1, 0.15) is 5.15 Å². The first-order chi connectivity index (χ1) is 4.20. The molecule has 0 fully saturated rings. The Bertz CT molecular complexity index is 226. The molecule has 0 unspecified atom stereocenters. The number of halogens is 2. The predicted molar refractivity (Wildman–Crippen MR) is 45.3 cm³/mol. The topological polar surface area (TPSA) is 64.9 Å². The molecule has 0 saturated heterocycles. The zero-order valence-electron chi connectivity index (χ0n) is 5.04. The number of nitrogen functional groups attached to an aromatic ring is 2. The molecular weight excluding hydrogens is 173 g/mol. The molecular formula is C5H7Cl2N3. The smallest absolute Gasteiger partial charge is 0.131 e. The van der Waals surface area contributed by atoms with Crippen molar-refractivity contribution in [2.24, 2.45) is 0 Å². The molecule has 0 amide bonds. The Labute approximate surface area is 69.8 Å². The van der Waals surface area contributed by atoms with E-state index in [1.807, 2.05) is 0 Å². The summed E-state index contributed by atoms with van der Waals surface area (Å²) in [6.45, 7) is 0. The molecule has 0 aliphatic rings. The Morgan fingerprint density at radius 1 is 1.30 bits per heavy atom. The van der Waals surface area contributed by atoms with Crippen molar-refractivity contribution in [1.29, 1.82) is 0 Å². The summed E-state index contributed by atoms with van der Waals surface area (Å²) in [5.74, 6) is 0. The molecule has 1 aromatic heterocycles. The van der Waals surface area contributed by atoms with Crippen LogP contribution in [0.15, 0.2) is 12.3 Å². The lowest BCUT2D eigenvalue weighted by Gasteiger charge is -1.96. The van der Waals surface area contributed by atoms with E-state index in [-0.39, 0.29) is 12.4 Å². The maximum absolute atomic E-state index is 5.47. The first-order valence-corrected chi connectivity index (χ1v) is 2.74. The molecule has 1 heterocycles. The van der Waals surface area contributed by atoms with Gasteiger partial charge < -0.3 is 11.5 Å². The number of rotatable bonds is 0. The van der Waals surface area contributed by atoms with E-state index in [0.29, 0.717) is 16.5 Å². The fourth-order valence-corrected chi connectivity index (χ4v) is 0.621. The van der Waals surface area contributed by atoms with Crippen molar-refractivity contribution in [3.05, 3.63) is 17.4 Å². The van der Waals surface area contributed by atoms with E-state index in [1.54, 1.807) is 0 Å². The Morgan fingerprint density at radius 3 is 2.30 bits per heavy atom. The number of aromatic nitrogens is 1. The average Bonchev–Trinajstić information content (AvgIpc) is 1.80. The molecule has 0 saturated carbocycles. The maximum atomic E-state index is 5.47. The fourth-order valence-electron chi connectivity index (χ4n) is 0.455. The van der Waals surface area contributed by atoms with Gasteiger partial charge in [0.25, 0.3) is 0 Å². The molecule has 5 heteroatoms. The minimum Gasteiger partial charge on any atom is -0.397 e. The van der Waals surface area contributed by atoms with E-state index in [0.717, 1.165) is 0 Å². The van der Waals surface area contributed by atoms with E-state index in [9.17, 15) is 0 Å². The maximum Gasteiger partial charge on any atom is 0.131 e. The van der Waals surface area contributed by atoms with Crippen LogP contribution in [0.3, 0.4) is 0 Å². The second-order valence-electron chi connectivity index (χ2n) is 1.64. The van der Waals surface area contributed by atoms with E-state index in [4.69, 9.17) is 23.1 Å². The summed E-state index contributed by atoms with van der Waals surface area (Å²) in [6.07, 6.45) is 1.43. The van der Waals surface area contributed by atoms with Crippen molar-refractivity contribution in [2.75, 3.05) is 11.5 Å². The summed E-state index contributed by atoms with van der Waals surface area (Å²) in [4.78, 5) is 3.70. The van der Waals surface area contributed by atoms with Crippen molar-refractivity contribution in [1.82, 2.24) is 4.98 Å². The second-order valence-corrected chi connectivity index (χ2v) is 2.02. The lowest BCUT2D eigenvalue weighted by Crippen LogP contribution is -1.94. The third-order valence-corrected chi connectivity index (χ3v) is 1.14. The minimum absolute atomic E-state index is 0. The highest BCUT2D eigenvalue weighted by atomic mass is 35.5. The second kappa shape index (κ2) is 3.49. The molecule has 0 aliphatic heterocycles. The van der Waals surface area contributed by atoms with Crippen molar-refractivity contribution >= 4 is 35.4 Å². The highest BCUT2D eigenvalue weighted by molar-refractivity contribution is 6.29. The first kappa shape index (κ1) is 9.33. The fraction of sp³-hybridized carbons (Fsp3) is 0. The largest absolute Gasteiger partial charge is 0.397 e. The number of pyridine rings is 1. The minimum atomic E-state index is 0. The molecule has 1 rings (SSSR count). The van der Waals surface area contributed by atoms with Gasteiger partial charge in [-0.3, -0.25) is 0 Å². The van der Waals surface area contributed by atoms with Crippen LogP contribution in [0, 0.1) is 0 Å². The van der Waals surface area contributed by atoms with Crippen molar-refractivity contribution in [3.8, 4) is 0 Å². The summed E-state index contributed by atoms with van der Waals surface area (Å²) in [5.41, 5.74) is 11.6. The van der Waals surface area contributed by atoms with Gasteiger partial charge in [0.05, 0.1) is 17.6 Å². The number of nitrogens with two attached hydrogens (primary N) is 2. The van der Waals surface area contributed by atoms with Crippen LogP contribution in [0.4, 0.5) is 11.4 Å². The summed E-state index contributed by atoms with van der Waals surface area (Å²) in [7, 11) is 0. The van der Waals surface area contributed by atoms with Crippen LogP contribution < -0.4 is 11.5 Å². The van der Waals surface area contributed by atoms with Gasteiger partial charge in [0.2, 0.25) is 0 Å². The molecule has 0 bridgehead atoms. The van der Waals surface area contributed by atoms with Crippen molar-refractivity contribution in [2.45, 2.75) is 0 Å². The van der Waals surface area contributed by atoms with Gasteiger partial charge in [-0.1, -0.05) is 11.6 Å². The van der Waals surface area contributed by atoms with E-state index in [1.165, 1.54) is 12.3 Å². The van der Waals surface area contributed by atoms with Crippen LogP contribution >= 0.6 is 24.0 Å². The van der Waals surface area contributed by atoms with Gasteiger partial charge in [-0.05, 0) is 0 Å². The number of hydrogen-bond donors (Lipinski definition) is 2. The number of hydrogen-bond acceptors (Lipinski definition) is 3. The lowest BCUT2D eigenvalue weighted by molar-refractivity contribution is 1.33. The third kappa shape index (κ3) is 1.93. The van der Waals surface area contributed by atoms with Crippen LogP contribution in [0.25, 0.3) is 0 Å². The van der Waals surface area contributed by atoms with E-state index < -0.39 is 0 Å². The van der Waals surface area contributed by atoms with Gasteiger partial charge in [0, 0.05) is 6.07 Å². The highest BCUT2D eigenvalue weighted by Gasteiger charge is 1.93. The average molecular weight is 180 g/mol. The molecule has 3 nitrogen and oxygen atoms in total. The summed E-state index contributed by atoms with van der Waals surface area (Å²) in [6, 6.07) is 1.51. The Balaban J connectivity index is 0.000000810. The summed E-state index contributed by atoms with van der Waals surface area (Å²) < 4.78 is 0. The van der Waals surface area contributed by atoms with E-state index in [2.05, 4.69) is 4.98 Å². The zero-order chi connectivity index (χ0) is 6.85. The number of anilines is 2. The van der Waals surface area contributed by atoms with Gasteiger partial charge in [0.15, 0.2) is 0 Å². The van der Waals surface area contributed by atoms with Crippen LogP contribution in [0.1, 0.15) is 0 Å². The molecule has 4 N–H and O–H groups in total. The first-order valence-electron chi connectivity index (χ1n) is 2.36. The van der Waals surface area contributed by atoms with Crippen molar-refractivity contribution in [3.63, 3.8) is 0 Å². The van der Waals surface area contributed by atoms with Gasteiger partial charge in [-0.25, -0.2) is 4.98 Å². The predicted octanol–water partition coefficient (Wildman–Crippen LogP) is 1.32. The van der Waals surface area contributed by atoms with Crippen LogP contribution in [0.5, 0.6) is 0 Å². The zero-order valence-corrected chi connectivity index (χ0v) is 6.62. The SMILES string of the molecule is Cl.Nc1cnc(Cl)cc1N. The van der Waals surface area contributed by atoms with Gasteiger partial charge >= 0.3 is 0 Å². The molecule has 0 aromatic carbocycles. The summed E-state index contributed by atoms with van der Waals surface area (Å²) >= 11 is 5.47. The highest BCUT2D eigenvalue weighted by Crippen LogP contribution is 2.15. The van der Waals surface area contributed by atoms with Crippen LogP contribution in [0.2, 0.25) is 5.15 Å². The number of nitrogens with zero attached hydrogens (tertiary/aromatic N) is 1. The Morgan fingerprint density at radius 2 is 1.90 bits per heavy atom. The molecule has 0 atom stereocenters. The quantitative estimate of drug-likeness (QED) is 0.591. The third-order valence-electron chi connectivity index (χ3n) is 0.935. The van der Waals surface area contributed by atoms with Crippen molar-refractivity contribution < 1.29 is 0 Å². The molecule has 0 aliphatic carbocycles. The lowest BCUT2D eigenvalue weighted by atomic mass is 10.4. The molecule has 1 aromatic rings. The normalized spacial score (nSPS) is 8.50. The summed E-state index contributed by atoms with van der Waals surface area (Å²) in [5, 5.41) is 0.363. The Kier molecular flexibility index (Phi) is 3.25. The van der Waals surface area contributed by atoms with Crippen LogP contribution in [-0.2, 0) is 0 Å². The molecule has 56 valence electrons. The standard InChI is InChI=1S/C5H6ClN3.ClH/c6-5-1-3(7)4(8)2-9-5;/h1-2H,8H2,(H2,7,9);1H. The molecule has 0 radical (unpaired) electrons. The van der Waals surface area contributed by atoms with Crippen LogP contribution in [-0.4, -0.2) is 4.98 Å². The monoisotopic (exact) mass is 179 g/mol. The molecule has 10 heavy (non-hydrogen) atoms. The van der Waals surface area contributed by atoms with Gasteiger partial charge in [-0.2, -0.15) is 0 Å². The van der Waals surface area contributed by atoms with Gasteiger partial charge in [-0.15, -0.1) is 12.4 Å². The Hall–Kier alpha value is -0.670.